The number of hydrogen-bond donors (Lipinski definition) is 2. The highest BCUT2D eigenvalue weighted by atomic mass is 16.3. The van der Waals surface area contributed by atoms with Crippen LogP contribution in [0, 0.1) is 34.5 Å². The Hall–Kier alpha value is -1.78. The van der Waals surface area contributed by atoms with E-state index in [1.807, 2.05) is 26.0 Å². The van der Waals surface area contributed by atoms with Gasteiger partial charge in [0.2, 0.25) is 11.8 Å². The number of furan rings is 1. The minimum Gasteiger partial charge on any atom is -0.467 e. The van der Waals surface area contributed by atoms with Gasteiger partial charge in [-0.05, 0) is 99.5 Å². The van der Waals surface area contributed by atoms with E-state index in [2.05, 4.69) is 24.5 Å². The van der Waals surface area contributed by atoms with Crippen molar-refractivity contribution in [2.75, 3.05) is 0 Å². The van der Waals surface area contributed by atoms with Crippen LogP contribution in [0.1, 0.15) is 84.8 Å². The van der Waals surface area contributed by atoms with E-state index in [1.54, 1.807) is 6.26 Å². The number of fused-ring (bicyclic) bond motifs is 5. The average molecular weight is 427 g/mol. The number of carbonyl (C=O) groups excluding carboxylic acids is 2. The third-order valence-electron chi connectivity index (χ3n) is 9.82. The molecule has 31 heavy (non-hydrogen) atoms. The van der Waals surface area contributed by atoms with Crippen LogP contribution in [0.15, 0.2) is 22.8 Å². The lowest BCUT2D eigenvalue weighted by molar-refractivity contribution is -0.151. The average Bonchev–Trinajstić information content (AvgIpc) is 3.37. The van der Waals surface area contributed by atoms with Crippen LogP contribution >= 0.6 is 0 Å². The SMILES string of the molecule is CC(C)(NC(=O)C1C[C@@]2(C)C(CC[C@@H]3[C@H]2CC[C@]2(C)CCC[C@@H]32)NC1=O)c1ccco1. The Balaban J connectivity index is 1.37. The fourth-order valence-corrected chi connectivity index (χ4v) is 8.09. The quantitative estimate of drug-likeness (QED) is 0.684. The van der Waals surface area contributed by atoms with Crippen molar-refractivity contribution in [1.29, 1.82) is 0 Å². The molecule has 2 heterocycles. The molecule has 4 fully saturated rings. The van der Waals surface area contributed by atoms with Crippen molar-refractivity contribution in [3.05, 3.63) is 24.2 Å². The summed E-state index contributed by atoms with van der Waals surface area (Å²) >= 11 is 0. The number of amides is 2. The Kier molecular flexibility index (Phi) is 4.84. The molecule has 170 valence electrons. The van der Waals surface area contributed by atoms with E-state index in [-0.39, 0.29) is 23.3 Å². The summed E-state index contributed by atoms with van der Waals surface area (Å²) in [6.07, 6.45) is 11.2. The number of piperidine rings is 1. The maximum atomic E-state index is 13.3. The Morgan fingerprint density at radius 1 is 1.16 bits per heavy atom. The number of carbonyl (C=O) groups is 2. The molecule has 0 radical (unpaired) electrons. The standard InChI is InChI=1S/C26H38N2O3/c1-24(2,21-8-6-14-31-21)28-23(30)17-15-26(4)19-11-13-25(3)12-5-7-18(25)16(19)9-10-20(26)27-22(17)29/h6,8,14,16-20H,5,7,9-13,15H2,1-4H3,(H,27,29)(H,28,30)/t16-,17?,18-,19+,20?,25-,26+/m0/s1. The van der Waals surface area contributed by atoms with Crippen LogP contribution in [0.3, 0.4) is 0 Å². The van der Waals surface area contributed by atoms with Gasteiger partial charge in [0.25, 0.3) is 0 Å². The molecule has 5 rings (SSSR count). The lowest BCUT2D eigenvalue weighted by Gasteiger charge is -2.60. The molecule has 3 saturated carbocycles. The van der Waals surface area contributed by atoms with E-state index in [9.17, 15) is 9.59 Å². The van der Waals surface area contributed by atoms with Gasteiger partial charge in [0.15, 0.2) is 0 Å². The molecule has 2 amide bonds. The van der Waals surface area contributed by atoms with Crippen molar-refractivity contribution >= 4 is 11.8 Å². The molecule has 2 N–H and O–H groups in total. The highest BCUT2D eigenvalue weighted by molar-refractivity contribution is 6.01. The molecule has 0 spiro atoms. The molecule has 1 aromatic heterocycles. The largest absolute Gasteiger partial charge is 0.467 e. The van der Waals surface area contributed by atoms with Crippen LogP contribution in [-0.4, -0.2) is 17.9 Å². The lowest BCUT2D eigenvalue weighted by atomic mass is 9.47. The second-order valence-corrected chi connectivity index (χ2v) is 12.0. The van der Waals surface area contributed by atoms with E-state index in [4.69, 9.17) is 4.42 Å². The van der Waals surface area contributed by atoms with Gasteiger partial charge in [0, 0.05) is 6.04 Å². The molecule has 4 aliphatic rings. The first-order chi connectivity index (χ1) is 14.6. The van der Waals surface area contributed by atoms with Crippen molar-refractivity contribution < 1.29 is 14.0 Å². The summed E-state index contributed by atoms with van der Waals surface area (Å²) in [7, 11) is 0. The Bertz CT molecular complexity index is 862. The smallest absolute Gasteiger partial charge is 0.233 e. The van der Waals surface area contributed by atoms with E-state index in [1.165, 1.54) is 38.5 Å². The molecule has 5 heteroatoms. The van der Waals surface area contributed by atoms with Crippen molar-refractivity contribution in [2.24, 2.45) is 34.5 Å². The zero-order chi connectivity index (χ0) is 22.0. The van der Waals surface area contributed by atoms with E-state index in [0.717, 1.165) is 18.3 Å². The van der Waals surface area contributed by atoms with Gasteiger partial charge >= 0.3 is 0 Å². The van der Waals surface area contributed by atoms with Gasteiger partial charge in [0.1, 0.15) is 11.7 Å². The summed E-state index contributed by atoms with van der Waals surface area (Å²) in [5, 5.41) is 6.38. The normalized spacial score (nSPS) is 42.2. The van der Waals surface area contributed by atoms with Crippen LogP contribution < -0.4 is 10.6 Å². The first-order valence-corrected chi connectivity index (χ1v) is 12.3. The Morgan fingerprint density at radius 2 is 1.97 bits per heavy atom. The summed E-state index contributed by atoms with van der Waals surface area (Å²) in [5.41, 5.74) is -0.131. The molecule has 5 nitrogen and oxygen atoms in total. The van der Waals surface area contributed by atoms with Crippen molar-refractivity contribution in [2.45, 2.75) is 90.6 Å². The van der Waals surface area contributed by atoms with Gasteiger partial charge in [-0.15, -0.1) is 0 Å². The minimum absolute atomic E-state index is 0.00240. The fraction of sp³-hybridized carbons (Fsp3) is 0.769. The Labute approximate surface area is 186 Å². The summed E-state index contributed by atoms with van der Waals surface area (Å²) in [6, 6.07) is 3.89. The molecule has 1 aromatic rings. The van der Waals surface area contributed by atoms with E-state index >= 15 is 0 Å². The summed E-state index contributed by atoms with van der Waals surface area (Å²) in [4.78, 5) is 26.3. The molecular weight excluding hydrogens is 388 g/mol. The van der Waals surface area contributed by atoms with Gasteiger partial charge in [-0.3, -0.25) is 9.59 Å². The van der Waals surface area contributed by atoms with Gasteiger partial charge in [-0.1, -0.05) is 20.3 Å². The maximum absolute atomic E-state index is 13.3. The van der Waals surface area contributed by atoms with Crippen LogP contribution in [-0.2, 0) is 15.1 Å². The van der Waals surface area contributed by atoms with Crippen LogP contribution in [0.5, 0.6) is 0 Å². The van der Waals surface area contributed by atoms with Gasteiger partial charge in [0.05, 0.1) is 11.8 Å². The minimum atomic E-state index is -0.649. The van der Waals surface area contributed by atoms with Crippen molar-refractivity contribution in [3.8, 4) is 0 Å². The number of rotatable bonds is 3. The summed E-state index contributed by atoms with van der Waals surface area (Å²) in [5.74, 6) is 1.97. The molecule has 3 aliphatic carbocycles. The van der Waals surface area contributed by atoms with Crippen LogP contribution in [0.2, 0.25) is 0 Å². The first-order valence-electron chi connectivity index (χ1n) is 12.3. The van der Waals surface area contributed by atoms with Crippen LogP contribution in [0.25, 0.3) is 0 Å². The topological polar surface area (TPSA) is 71.3 Å². The van der Waals surface area contributed by atoms with Gasteiger partial charge in [-0.2, -0.15) is 0 Å². The molecule has 1 aliphatic heterocycles. The third kappa shape index (κ3) is 3.25. The van der Waals surface area contributed by atoms with Gasteiger partial charge < -0.3 is 15.1 Å². The predicted octanol–water partition coefficient (Wildman–Crippen LogP) is 4.77. The zero-order valence-electron chi connectivity index (χ0n) is 19.5. The molecule has 0 aromatic carbocycles. The highest BCUT2D eigenvalue weighted by Gasteiger charge is 2.60. The first kappa shape index (κ1) is 21.1. The predicted molar refractivity (Wildman–Crippen MR) is 119 cm³/mol. The van der Waals surface area contributed by atoms with Crippen molar-refractivity contribution in [3.63, 3.8) is 0 Å². The lowest BCUT2D eigenvalue weighted by Crippen LogP contribution is -2.65. The van der Waals surface area contributed by atoms with Gasteiger partial charge in [-0.25, -0.2) is 0 Å². The van der Waals surface area contributed by atoms with E-state index < -0.39 is 11.5 Å². The summed E-state index contributed by atoms with van der Waals surface area (Å²) in [6.45, 7) is 8.73. The molecule has 1 saturated heterocycles. The molecule has 7 atom stereocenters. The number of hydrogen-bond acceptors (Lipinski definition) is 3. The second-order valence-electron chi connectivity index (χ2n) is 12.0. The number of nitrogens with one attached hydrogen (secondary N) is 2. The van der Waals surface area contributed by atoms with Crippen molar-refractivity contribution in [1.82, 2.24) is 10.6 Å². The highest BCUT2D eigenvalue weighted by Crippen LogP contribution is 2.64. The third-order valence-corrected chi connectivity index (χ3v) is 9.82. The maximum Gasteiger partial charge on any atom is 0.233 e. The zero-order valence-corrected chi connectivity index (χ0v) is 19.5. The Morgan fingerprint density at radius 3 is 2.71 bits per heavy atom. The van der Waals surface area contributed by atoms with E-state index in [0.29, 0.717) is 23.5 Å². The van der Waals surface area contributed by atoms with Crippen LogP contribution in [0.4, 0.5) is 0 Å². The fourth-order valence-electron chi connectivity index (χ4n) is 8.09. The second kappa shape index (κ2) is 7.11. The molecule has 2 unspecified atom stereocenters. The summed E-state index contributed by atoms with van der Waals surface area (Å²) < 4.78 is 5.52. The molecular formula is C26H38N2O3. The molecule has 0 bridgehead atoms. The monoisotopic (exact) mass is 426 g/mol.